The molecule has 0 aliphatic heterocycles. The first-order valence-electron chi connectivity index (χ1n) is 7.28. The zero-order valence-electron chi connectivity index (χ0n) is 12.8. The van der Waals surface area contributed by atoms with Crippen molar-refractivity contribution in [3.63, 3.8) is 0 Å². The Morgan fingerprint density at radius 3 is 2.25 bits per heavy atom. The van der Waals surface area contributed by atoms with Gasteiger partial charge in [-0.25, -0.2) is 13.1 Å². The van der Waals surface area contributed by atoms with Crippen LogP contribution in [0, 0.1) is 0 Å². The highest BCUT2D eigenvalue weighted by Crippen LogP contribution is 2.20. The zero-order chi connectivity index (χ0) is 15.2. The van der Waals surface area contributed by atoms with E-state index < -0.39 is 10.0 Å². The summed E-state index contributed by atoms with van der Waals surface area (Å²) < 4.78 is 27.5. The van der Waals surface area contributed by atoms with Crippen molar-refractivity contribution in [3.8, 4) is 0 Å². The summed E-state index contributed by atoms with van der Waals surface area (Å²) in [7, 11) is -1.55. The molecule has 0 bridgehead atoms. The third-order valence-electron chi connectivity index (χ3n) is 3.63. The molecule has 5 heteroatoms. The smallest absolute Gasteiger partial charge is 0.240 e. The molecule has 4 nitrogen and oxygen atoms in total. The number of nitrogens with one attached hydrogen (secondary N) is 2. The standard InChI is InChI=1S/C15H26N2O2S/c1-5-13(6-2)17-20(18,19)14-10-8-9-12(11-14)15(7-3)16-4/h8-11,13,15-17H,5-7H2,1-4H3. The summed E-state index contributed by atoms with van der Waals surface area (Å²) in [4.78, 5) is 0.343. The van der Waals surface area contributed by atoms with Gasteiger partial charge in [-0.2, -0.15) is 0 Å². The molecule has 0 fully saturated rings. The van der Waals surface area contributed by atoms with E-state index in [-0.39, 0.29) is 12.1 Å². The van der Waals surface area contributed by atoms with E-state index in [0.717, 1.165) is 24.8 Å². The summed E-state index contributed by atoms with van der Waals surface area (Å²) in [5.74, 6) is 0. The van der Waals surface area contributed by atoms with Crippen LogP contribution in [0.1, 0.15) is 51.6 Å². The van der Waals surface area contributed by atoms with Gasteiger partial charge >= 0.3 is 0 Å². The third-order valence-corrected chi connectivity index (χ3v) is 5.15. The fourth-order valence-electron chi connectivity index (χ4n) is 2.25. The SMILES string of the molecule is CCC(CC)NS(=O)(=O)c1cccc(C(CC)NC)c1. The minimum Gasteiger partial charge on any atom is -0.313 e. The Morgan fingerprint density at radius 1 is 1.10 bits per heavy atom. The Labute approximate surface area is 123 Å². The molecule has 114 valence electrons. The molecule has 0 spiro atoms. The highest BCUT2D eigenvalue weighted by molar-refractivity contribution is 7.89. The molecule has 1 aromatic carbocycles. The van der Waals surface area contributed by atoms with Crippen LogP contribution in [0.25, 0.3) is 0 Å². The van der Waals surface area contributed by atoms with Crippen LogP contribution in [0.5, 0.6) is 0 Å². The summed E-state index contributed by atoms with van der Waals surface area (Å²) in [5, 5.41) is 3.19. The predicted molar refractivity (Wildman–Crippen MR) is 83.2 cm³/mol. The first-order chi connectivity index (χ1) is 9.48. The van der Waals surface area contributed by atoms with Crippen molar-refractivity contribution in [1.29, 1.82) is 0 Å². The maximum Gasteiger partial charge on any atom is 0.240 e. The van der Waals surface area contributed by atoms with Gasteiger partial charge in [0.05, 0.1) is 4.90 Å². The van der Waals surface area contributed by atoms with Crippen molar-refractivity contribution < 1.29 is 8.42 Å². The average Bonchev–Trinajstić information content (AvgIpc) is 2.46. The molecule has 0 radical (unpaired) electrons. The van der Waals surface area contributed by atoms with Crippen LogP contribution < -0.4 is 10.0 Å². The second-order valence-corrected chi connectivity index (χ2v) is 6.67. The molecule has 0 aliphatic carbocycles. The van der Waals surface area contributed by atoms with Gasteiger partial charge in [-0.1, -0.05) is 32.9 Å². The number of hydrogen-bond acceptors (Lipinski definition) is 3. The van der Waals surface area contributed by atoms with Crippen LogP contribution in [0.15, 0.2) is 29.2 Å². The Hall–Kier alpha value is -0.910. The van der Waals surface area contributed by atoms with Crippen LogP contribution in [-0.4, -0.2) is 21.5 Å². The molecule has 1 atom stereocenters. The fourth-order valence-corrected chi connectivity index (χ4v) is 3.70. The molecule has 1 aromatic rings. The quantitative estimate of drug-likeness (QED) is 0.776. The largest absolute Gasteiger partial charge is 0.313 e. The molecule has 0 aliphatic rings. The van der Waals surface area contributed by atoms with Crippen LogP contribution in [0.3, 0.4) is 0 Å². The molecule has 1 rings (SSSR count). The number of sulfonamides is 1. The van der Waals surface area contributed by atoms with E-state index in [0.29, 0.717) is 4.90 Å². The maximum absolute atomic E-state index is 12.4. The molecule has 0 saturated heterocycles. The second kappa shape index (κ2) is 7.76. The molecule has 0 heterocycles. The predicted octanol–water partition coefficient (Wildman–Crippen LogP) is 2.82. The van der Waals surface area contributed by atoms with Gasteiger partial charge in [0.1, 0.15) is 0 Å². The molecule has 0 amide bonds. The monoisotopic (exact) mass is 298 g/mol. The summed E-state index contributed by atoms with van der Waals surface area (Å²) >= 11 is 0. The van der Waals surface area contributed by atoms with E-state index >= 15 is 0 Å². The minimum absolute atomic E-state index is 0.00470. The second-order valence-electron chi connectivity index (χ2n) is 4.96. The molecule has 0 saturated carbocycles. The van der Waals surface area contributed by atoms with Crippen LogP contribution in [0.4, 0.5) is 0 Å². The summed E-state index contributed by atoms with van der Waals surface area (Å²) in [5.41, 5.74) is 1.00. The molecular weight excluding hydrogens is 272 g/mol. The first-order valence-corrected chi connectivity index (χ1v) is 8.76. The van der Waals surface area contributed by atoms with E-state index in [9.17, 15) is 8.42 Å². The van der Waals surface area contributed by atoms with E-state index in [1.165, 1.54) is 0 Å². The summed E-state index contributed by atoms with van der Waals surface area (Å²) in [6, 6.07) is 7.34. The van der Waals surface area contributed by atoms with Crippen molar-refractivity contribution in [3.05, 3.63) is 29.8 Å². The highest BCUT2D eigenvalue weighted by atomic mass is 32.2. The van der Waals surface area contributed by atoms with E-state index in [1.54, 1.807) is 18.2 Å². The molecule has 1 unspecified atom stereocenters. The van der Waals surface area contributed by atoms with Gasteiger partial charge in [0.25, 0.3) is 0 Å². The maximum atomic E-state index is 12.4. The van der Waals surface area contributed by atoms with Crippen LogP contribution in [-0.2, 0) is 10.0 Å². The lowest BCUT2D eigenvalue weighted by Crippen LogP contribution is -2.33. The highest BCUT2D eigenvalue weighted by Gasteiger charge is 2.19. The lowest BCUT2D eigenvalue weighted by atomic mass is 10.1. The number of rotatable bonds is 8. The Balaban J connectivity index is 3.04. The van der Waals surface area contributed by atoms with Crippen molar-refractivity contribution in [1.82, 2.24) is 10.0 Å². The van der Waals surface area contributed by atoms with E-state index in [1.807, 2.05) is 27.0 Å². The Kier molecular flexibility index (Phi) is 6.65. The van der Waals surface area contributed by atoms with Gasteiger partial charge in [0.2, 0.25) is 10.0 Å². The minimum atomic E-state index is -3.43. The van der Waals surface area contributed by atoms with Crippen molar-refractivity contribution in [2.45, 2.75) is 57.0 Å². The average molecular weight is 298 g/mol. The van der Waals surface area contributed by atoms with Gasteiger partial charge in [0.15, 0.2) is 0 Å². The zero-order valence-corrected chi connectivity index (χ0v) is 13.6. The van der Waals surface area contributed by atoms with Gasteiger partial charge in [-0.15, -0.1) is 0 Å². The lowest BCUT2D eigenvalue weighted by Gasteiger charge is -2.18. The molecule has 0 aromatic heterocycles. The van der Waals surface area contributed by atoms with Crippen LogP contribution >= 0.6 is 0 Å². The summed E-state index contributed by atoms with van der Waals surface area (Å²) in [6.45, 7) is 6.05. The van der Waals surface area contributed by atoms with Crippen molar-refractivity contribution >= 4 is 10.0 Å². The molecule has 20 heavy (non-hydrogen) atoms. The van der Waals surface area contributed by atoms with E-state index in [4.69, 9.17) is 0 Å². The Bertz CT molecular complexity index is 506. The Morgan fingerprint density at radius 2 is 1.75 bits per heavy atom. The van der Waals surface area contributed by atoms with Gasteiger partial charge in [-0.05, 0) is 44.0 Å². The fraction of sp³-hybridized carbons (Fsp3) is 0.600. The summed E-state index contributed by atoms with van der Waals surface area (Å²) in [6.07, 6.45) is 2.51. The topological polar surface area (TPSA) is 58.2 Å². The molecule has 2 N–H and O–H groups in total. The van der Waals surface area contributed by atoms with Crippen molar-refractivity contribution in [2.24, 2.45) is 0 Å². The third kappa shape index (κ3) is 4.30. The van der Waals surface area contributed by atoms with Gasteiger partial charge in [0, 0.05) is 12.1 Å². The van der Waals surface area contributed by atoms with E-state index in [2.05, 4.69) is 17.0 Å². The normalized spacial score (nSPS) is 13.7. The first kappa shape index (κ1) is 17.1. The van der Waals surface area contributed by atoms with Gasteiger partial charge < -0.3 is 5.32 Å². The van der Waals surface area contributed by atoms with Crippen LogP contribution in [0.2, 0.25) is 0 Å². The van der Waals surface area contributed by atoms with Crippen molar-refractivity contribution in [2.75, 3.05) is 7.05 Å². The van der Waals surface area contributed by atoms with Gasteiger partial charge in [-0.3, -0.25) is 0 Å². The number of benzene rings is 1. The number of hydrogen-bond donors (Lipinski definition) is 2. The molecular formula is C15H26N2O2S. The lowest BCUT2D eigenvalue weighted by molar-refractivity contribution is 0.529.